The third-order valence-corrected chi connectivity index (χ3v) is 4.11. The summed E-state index contributed by atoms with van der Waals surface area (Å²) in [6, 6.07) is 8.32. The van der Waals surface area contributed by atoms with Crippen molar-refractivity contribution >= 4 is 46.8 Å². The maximum Gasteiger partial charge on any atom is 0.282 e. The largest absolute Gasteiger partial charge is 0.508 e. The van der Waals surface area contributed by atoms with E-state index in [0.29, 0.717) is 10.7 Å². The molecule has 0 bridgehead atoms. The van der Waals surface area contributed by atoms with E-state index >= 15 is 0 Å². The van der Waals surface area contributed by atoms with Crippen molar-refractivity contribution in [1.82, 2.24) is 5.43 Å². The highest BCUT2D eigenvalue weighted by atomic mass is 35.5. The second-order valence-electron chi connectivity index (χ2n) is 4.98. The number of aromatic hydroxyl groups is 2. The molecule has 1 saturated heterocycles. The fourth-order valence-corrected chi connectivity index (χ4v) is 2.47. The Morgan fingerprint density at radius 3 is 2.42 bits per heavy atom. The van der Waals surface area contributed by atoms with E-state index in [2.05, 4.69) is 5.43 Å². The quantitative estimate of drug-likeness (QED) is 0.564. The Bertz CT molecular complexity index is 896. The predicted molar refractivity (Wildman–Crippen MR) is 89.8 cm³/mol. The van der Waals surface area contributed by atoms with Crippen LogP contribution in [0.15, 0.2) is 42.0 Å². The molecule has 0 aliphatic carbocycles. The highest BCUT2D eigenvalue weighted by molar-refractivity contribution is 6.42. The number of nitrogens with one attached hydrogen (secondary N) is 1. The molecule has 3 rings (SSSR count). The second kappa shape index (κ2) is 6.07. The van der Waals surface area contributed by atoms with Crippen molar-refractivity contribution in [1.29, 1.82) is 0 Å². The molecule has 6 nitrogen and oxygen atoms in total. The minimum Gasteiger partial charge on any atom is -0.508 e. The molecule has 122 valence electrons. The third-order valence-electron chi connectivity index (χ3n) is 3.37. The summed E-state index contributed by atoms with van der Waals surface area (Å²) in [6.45, 7) is 0. The van der Waals surface area contributed by atoms with Crippen molar-refractivity contribution in [3.8, 4) is 11.5 Å². The molecule has 2 amide bonds. The first-order valence-electron chi connectivity index (χ1n) is 6.71. The molecular weight excluding hydrogens is 355 g/mol. The van der Waals surface area contributed by atoms with Gasteiger partial charge >= 0.3 is 0 Å². The van der Waals surface area contributed by atoms with E-state index in [1.165, 1.54) is 36.4 Å². The van der Waals surface area contributed by atoms with Crippen molar-refractivity contribution in [2.24, 2.45) is 0 Å². The lowest BCUT2D eigenvalue weighted by Crippen LogP contribution is -2.35. The average molecular weight is 365 g/mol. The number of phenolic OH excluding ortho intramolecular Hbond substituents is 2. The number of carbonyl (C=O) groups excluding carboxylic acids is 2. The highest BCUT2D eigenvalue weighted by Crippen LogP contribution is 2.30. The van der Waals surface area contributed by atoms with Gasteiger partial charge in [0, 0.05) is 11.6 Å². The van der Waals surface area contributed by atoms with E-state index < -0.39 is 11.8 Å². The van der Waals surface area contributed by atoms with Crippen LogP contribution in [0.25, 0.3) is 6.08 Å². The molecule has 0 spiro atoms. The molecule has 1 aliphatic heterocycles. The van der Waals surface area contributed by atoms with Crippen molar-refractivity contribution in [3.05, 3.63) is 57.6 Å². The second-order valence-corrected chi connectivity index (χ2v) is 5.80. The number of rotatable bonds is 2. The minimum atomic E-state index is -0.626. The monoisotopic (exact) mass is 364 g/mol. The van der Waals surface area contributed by atoms with E-state index in [1.807, 2.05) is 0 Å². The summed E-state index contributed by atoms with van der Waals surface area (Å²) < 4.78 is 0. The number of halogens is 2. The fourth-order valence-electron chi connectivity index (χ4n) is 2.17. The minimum absolute atomic E-state index is 0.130. The maximum absolute atomic E-state index is 12.5. The van der Waals surface area contributed by atoms with Crippen LogP contribution in [0.3, 0.4) is 0 Å². The SMILES string of the molecule is O=C1NN(c2ccc(Cl)c(Cl)c2)C(=O)/C1=C/c1ccc(O)cc1O. The number of benzene rings is 2. The van der Waals surface area contributed by atoms with Crippen LogP contribution in [0, 0.1) is 0 Å². The van der Waals surface area contributed by atoms with Crippen molar-refractivity contribution in [2.75, 3.05) is 5.01 Å². The molecule has 1 heterocycles. The van der Waals surface area contributed by atoms with E-state index in [4.69, 9.17) is 23.2 Å². The molecule has 1 aliphatic rings. The average Bonchev–Trinajstić information content (AvgIpc) is 2.80. The Morgan fingerprint density at radius 2 is 1.75 bits per heavy atom. The summed E-state index contributed by atoms with van der Waals surface area (Å²) >= 11 is 11.8. The molecule has 24 heavy (non-hydrogen) atoms. The van der Waals surface area contributed by atoms with Crippen LogP contribution < -0.4 is 10.4 Å². The smallest absolute Gasteiger partial charge is 0.282 e. The number of carbonyl (C=O) groups is 2. The molecule has 2 aromatic carbocycles. The van der Waals surface area contributed by atoms with Crippen LogP contribution in [-0.2, 0) is 9.59 Å². The first kappa shape index (κ1) is 16.2. The molecule has 0 atom stereocenters. The number of hydrogen-bond acceptors (Lipinski definition) is 4. The first-order chi connectivity index (χ1) is 11.4. The van der Waals surface area contributed by atoms with Crippen LogP contribution in [0.2, 0.25) is 10.0 Å². The van der Waals surface area contributed by atoms with Crippen LogP contribution in [0.5, 0.6) is 11.5 Å². The Kier molecular flexibility index (Phi) is 4.09. The molecule has 8 heteroatoms. The van der Waals surface area contributed by atoms with Gasteiger partial charge in [-0.15, -0.1) is 0 Å². The molecule has 2 aromatic rings. The zero-order valence-electron chi connectivity index (χ0n) is 12.0. The Morgan fingerprint density at radius 1 is 1.00 bits per heavy atom. The van der Waals surface area contributed by atoms with Crippen LogP contribution in [0.4, 0.5) is 5.69 Å². The molecule has 0 unspecified atom stereocenters. The van der Waals surface area contributed by atoms with Gasteiger partial charge in [-0.1, -0.05) is 23.2 Å². The van der Waals surface area contributed by atoms with Crippen molar-refractivity contribution in [3.63, 3.8) is 0 Å². The van der Waals surface area contributed by atoms with Gasteiger partial charge < -0.3 is 10.2 Å². The summed E-state index contributed by atoms with van der Waals surface area (Å²) in [5, 5.41) is 20.7. The summed E-state index contributed by atoms with van der Waals surface area (Å²) in [5.41, 5.74) is 2.82. The number of phenols is 2. The predicted octanol–water partition coefficient (Wildman–Crippen LogP) is 2.87. The molecular formula is C16H10Cl2N2O4. The summed E-state index contributed by atoms with van der Waals surface area (Å²) in [6.07, 6.45) is 1.24. The lowest BCUT2D eigenvalue weighted by atomic mass is 10.1. The van der Waals surface area contributed by atoms with Crippen LogP contribution >= 0.6 is 23.2 Å². The molecule has 0 aromatic heterocycles. The Balaban J connectivity index is 1.97. The van der Waals surface area contributed by atoms with E-state index in [1.54, 1.807) is 0 Å². The standard InChI is InChI=1S/C16H10Cl2N2O4/c17-12-4-2-9(6-13(12)18)20-16(24)11(15(23)19-20)5-8-1-3-10(21)7-14(8)22/h1-7,21-22H,(H,19,23)/b11-5+. The van der Waals surface area contributed by atoms with Gasteiger partial charge in [0.2, 0.25) is 0 Å². The van der Waals surface area contributed by atoms with Gasteiger partial charge in [0.25, 0.3) is 11.8 Å². The fraction of sp³-hybridized carbons (Fsp3) is 0. The Labute approximate surface area is 146 Å². The zero-order chi connectivity index (χ0) is 17.4. The van der Waals surface area contributed by atoms with Gasteiger partial charge in [-0.05, 0) is 36.4 Å². The van der Waals surface area contributed by atoms with Gasteiger partial charge in [0.1, 0.15) is 17.1 Å². The normalized spacial score (nSPS) is 15.9. The van der Waals surface area contributed by atoms with Gasteiger partial charge in [0.05, 0.1) is 15.7 Å². The summed E-state index contributed by atoms with van der Waals surface area (Å²) in [4.78, 5) is 24.5. The van der Waals surface area contributed by atoms with Crippen LogP contribution in [-0.4, -0.2) is 22.0 Å². The van der Waals surface area contributed by atoms with Crippen LogP contribution in [0.1, 0.15) is 5.56 Å². The lowest BCUT2D eigenvalue weighted by molar-refractivity contribution is -0.117. The van der Waals surface area contributed by atoms with E-state index in [9.17, 15) is 19.8 Å². The third kappa shape index (κ3) is 2.89. The van der Waals surface area contributed by atoms with Gasteiger partial charge in [0.15, 0.2) is 0 Å². The molecule has 0 saturated carbocycles. The van der Waals surface area contributed by atoms with Gasteiger partial charge in [-0.3, -0.25) is 15.0 Å². The number of hydrogen-bond donors (Lipinski definition) is 3. The zero-order valence-corrected chi connectivity index (χ0v) is 13.5. The van der Waals surface area contributed by atoms with Gasteiger partial charge in [-0.2, -0.15) is 0 Å². The first-order valence-corrected chi connectivity index (χ1v) is 7.46. The number of anilines is 1. The maximum atomic E-state index is 12.5. The summed E-state index contributed by atoms with van der Waals surface area (Å²) in [5.74, 6) is -1.62. The van der Waals surface area contributed by atoms with Crippen molar-refractivity contribution < 1.29 is 19.8 Å². The number of nitrogens with zero attached hydrogens (tertiary/aromatic N) is 1. The number of amides is 2. The van der Waals surface area contributed by atoms with Gasteiger partial charge in [-0.25, -0.2) is 5.01 Å². The lowest BCUT2D eigenvalue weighted by Gasteiger charge is -2.15. The topological polar surface area (TPSA) is 89.9 Å². The molecule has 3 N–H and O–H groups in total. The Hall–Kier alpha value is -2.70. The number of hydrazine groups is 1. The summed E-state index contributed by atoms with van der Waals surface area (Å²) in [7, 11) is 0. The highest BCUT2D eigenvalue weighted by Gasteiger charge is 2.34. The van der Waals surface area contributed by atoms with E-state index in [0.717, 1.165) is 11.1 Å². The molecule has 1 fully saturated rings. The molecule has 0 radical (unpaired) electrons. The van der Waals surface area contributed by atoms with Crippen molar-refractivity contribution in [2.45, 2.75) is 0 Å². The van der Waals surface area contributed by atoms with E-state index in [-0.39, 0.29) is 27.7 Å².